The lowest BCUT2D eigenvalue weighted by molar-refractivity contribution is -0.137. The molecule has 0 bridgehead atoms. The van der Waals surface area contributed by atoms with E-state index in [0.717, 1.165) is 42.8 Å². The minimum absolute atomic E-state index is 0.602. The van der Waals surface area contributed by atoms with Crippen molar-refractivity contribution in [1.82, 2.24) is 5.32 Å². The van der Waals surface area contributed by atoms with Crippen molar-refractivity contribution in [2.24, 2.45) is 0 Å². The van der Waals surface area contributed by atoms with Crippen LogP contribution in [0.5, 0.6) is 5.75 Å². The van der Waals surface area contributed by atoms with Crippen LogP contribution in [0.1, 0.15) is 5.56 Å². The lowest BCUT2D eigenvalue weighted by Crippen LogP contribution is -2.43. The first kappa shape index (κ1) is 17.9. The van der Waals surface area contributed by atoms with Gasteiger partial charge in [-0.25, -0.2) is 0 Å². The second-order valence-electron chi connectivity index (χ2n) is 5.70. The molecule has 7 heteroatoms. The summed E-state index contributed by atoms with van der Waals surface area (Å²) in [6, 6.07) is 11.3. The number of ether oxygens (including phenoxy) is 1. The van der Waals surface area contributed by atoms with Gasteiger partial charge in [-0.3, -0.25) is 0 Å². The summed E-state index contributed by atoms with van der Waals surface area (Å²) in [5, 5.41) is 3.26. The fourth-order valence-corrected chi connectivity index (χ4v) is 3.79. The summed E-state index contributed by atoms with van der Waals surface area (Å²) in [5.41, 5.74) is 0.208. The van der Waals surface area contributed by atoms with Crippen molar-refractivity contribution in [3.05, 3.63) is 48.0 Å². The normalized spacial score (nSPS) is 15.3. The maximum absolute atomic E-state index is 13.1. The van der Waals surface area contributed by atoms with Gasteiger partial charge in [0.25, 0.3) is 0 Å². The summed E-state index contributed by atoms with van der Waals surface area (Å²) in [7, 11) is 1.57. The third-order valence-corrected chi connectivity index (χ3v) is 5.05. The zero-order chi connectivity index (χ0) is 17.9. The van der Waals surface area contributed by atoms with Crippen LogP contribution < -0.4 is 15.0 Å². The van der Waals surface area contributed by atoms with Crippen molar-refractivity contribution in [2.45, 2.75) is 16.0 Å². The van der Waals surface area contributed by atoms with Crippen LogP contribution in [0.4, 0.5) is 18.9 Å². The summed E-state index contributed by atoms with van der Waals surface area (Å²) < 4.78 is 44.6. The van der Waals surface area contributed by atoms with Crippen LogP contribution in [-0.2, 0) is 6.18 Å². The molecule has 1 heterocycles. The molecule has 1 aliphatic heterocycles. The van der Waals surface area contributed by atoms with Gasteiger partial charge < -0.3 is 15.0 Å². The van der Waals surface area contributed by atoms with Gasteiger partial charge in [0.2, 0.25) is 0 Å². The molecule has 0 atom stereocenters. The monoisotopic (exact) mass is 368 g/mol. The number of hydrogen-bond donors (Lipinski definition) is 1. The number of methoxy groups -OCH3 is 1. The molecular formula is C18H19F3N2OS. The first-order chi connectivity index (χ1) is 12.0. The standard InChI is InChI=1S/C18H19F3N2OS/c1-24-14-3-2-4-15(12-14)25-17-11-13(18(19,20)21)5-6-16(17)23-9-7-22-8-10-23/h2-6,11-12,22H,7-10H2,1H3. The second-order valence-corrected chi connectivity index (χ2v) is 6.81. The van der Waals surface area contributed by atoms with Gasteiger partial charge in [0.1, 0.15) is 5.75 Å². The number of benzene rings is 2. The Labute approximate surface area is 149 Å². The largest absolute Gasteiger partial charge is 0.497 e. The minimum Gasteiger partial charge on any atom is -0.497 e. The molecule has 1 fully saturated rings. The Morgan fingerprint density at radius 3 is 2.52 bits per heavy atom. The van der Waals surface area contributed by atoms with Gasteiger partial charge in [0.15, 0.2) is 0 Å². The Balaban J connectivity index is 1.97. The zero-order valence-electron chi connectivity index (χ0n) is 13.8. The van der Waals surface area contributed by atoms with Gasteiger partial charge >= 0.3 is 6.18 Å². The van der Waals surface area contributed by atoms with Crippen molar-refractivity contribution >= 4 is 17.4 Å². The van der Waals surface area contributed by atoms with Gasteiger partial charge in [0, 0.05) is 36.0 Å². The van der Waals surface area contributed by atoms with E-state index in [4.69, 9.17) is 4.74 Å². The average Bonchev–Trinajstić information content (AvgIpc) is 2.62. The summed E-state index contributed by atoms with van der Waals surface area (Å²) in [6.45, 7) is 3.20. The molecule has 2 aromatic rings. The predicted molar refractivity (Wildman–Crippen MR) is 93.6 cm³/mol. The molecule has 0 aromatic heterocycles. The van der Waals surface area contributed by atoms with Crippen LogP contribution in [0, 0.1) is 0 Å². The van der Waals surface area contributed by atoms with Crippen LogP contribution in [0.15, 0.2) is 52.3 Å². The SMILES string of the molecule is COc1cccc(Sc2cc(C(F)(F)F)ccc2N2CCNCC2)c1. The van der Waals surface area contributed by atoms with E-state index in [9.17, 15) is 13.2 Å². The van der Waals surface area contributed by atoms with Crippen LogP contribution >= 0.6 is 11.8 Å². The van der Waals surface area contributed by atoms with Crippen molar-refractivity contribution in [2.75, 3.05) is 38.2 Å². The van der Waals surface area contributed by atoms with Crippen LogP contribution in [-0.4, -0.2) is 33.3 Å². The van der Waals surface area contributed by atoms with E-state index in [1.165, 1.54) is 17.8 Å². The van der Waals surface area contributed by atoms with Gasteiger partial charge in [0.05, 0.1) is 18.4 Å². The first-order valence-electron chi connectivity index (χ1n) is 7.96. The molecular weight excluding hydrogens is 349 g/mol. The highest BCUT2D eigenvalue weighted by Crippen LogP contribution is 2.40. The molecule has 0 unspecified atom stereocenters. The van der Waals surface area contributed by atoms with E-state index in [0.29, 0.717) is 10.6 Å². The Kier molecular flexibility index (Phi) is 5.44. The maximum atomic E-state index is 13.1. The van der Waals surface area contributed by atoms with Gasteiger partial charge in [-0.15, -0.1) is 0 Å². The number of anilines is 1. The number of rotatable bonds is 4. The maximum Gasteiger partial charge on any atom is 0.416 e. The fourth-order valence-electron chi connectivity index (χ4n) is 2.73. The summed E-state index contributed by atoms with van der Waals surface area (Å²) in [6.07, 6.45) is -4.36. The molecule has 1 saturated heterocycles. The summed E-state index contributed by atoms with van der Waals surface area (Å²) in [4.78, 5) is 3.57. The number of piperazine rings is 1. The quantitative estimate of drug-likeness (QED) is 0.871. The van der Waals surface area contributed by atoms with Crippen LogP contribution in [0.3, 0.4) is 0 Å². The van der Waals surface area contributed by atoms with Gasteiger partial charge in [-0.2, -0.15) is 13.2 Å². The number of nitrogens with zero attached hydrogens (tertiary/aromatic N) is 1. The van der Waals surface area contributed by atoms with Crippen LogP contribution in [0.2, 0.25) is 0 Å². The third kappa shape index (κ3) is 4.41. The van der Waals surface area contributed by atoms with Crippen molar-refractivity contribution in [1.29, 1.82) is 0 Å². The van der Waals surface area contributed by atoms with Crippen molar-refractivity contribution in [3.8, 4) is 5.75 Å². The van der Waals surface area contributed by atoms with Crippen molar-refractivity contribution < 1.29 is 17.9 Å². The topological polar surface area (TPSA) is 24.5 Å². The Hall–Kier alpha value is -1.86. The molecule has 0 radical (unpaired) electrons. The number of hydrogen-bond acceptors (Lipinski definition) is 4. The average molecular weight is 368 g/mol. The van der Waals surface area contributed by atoms with E-state index < -0.39 is 11.7 Å². The predicted octanol–water partition coefficient (Wildman–Crippen LogP) is 4.27. The molecule has 134 valence electrons. The molecule has 1 aliphatic rings. The molecule has 0 aliphatic carbocycles. The van der Waals surface area contributed by atoms with E-state index in [1.807, 2.05) is 24.3 Å². The molecule has 3 nitrogen and oxygen atoms in total. The minimum atomic E-state index is -4.36. The van der Waals surface area contributed by atoms with E-state index >= 15 is 0 Å². The molecule has 3 rings (SSSR count). The first-order valence-corrected chi connectivity index (χ1v) is 8.78. The van der Waals surface area contributed by atoms with E-state index in [2.05, 4.69) is 10.2 Å². The van der Waals surface area contributed by atoms with Gasteiger partial charge in [-0.1, -0.05) is 17.8 Å². The Morgan fingerprint density at radius 1 is 1.08 bits per heavy atom. The highest BCUT2D eigenvalue weighted by atomic mass is 32.2. The zero-order valence-corrected chi connectivity index (χ0v) is 14.6. The Morgan fingerprint density at radius 2 is 1.84 bits per heavy atom. The smallest absolute Gasteiger partial charge is 0.416 e. The number of nitrogens with one attached hydrogen (secondary N) is 1. The number of alkyl halides is 3. The second kappa shape index (κ2) is 7.58. The fraction of sp³-hybridized carbons (Fsp3) is 0.333. The molecule has 0 saturated carbocycles. The van der Waals surface area contributed by atoms with Crippen LogP contribution in [0.25, 0.3) is 0 Å². The van der Waals surface area contributed by atoms with E-state index in [1.54, 1.807) is 13.2 Å². The van der Waals surface area contributed by atoms with Crippen molar-refractivity contribution in [3.63, 3.8) is 0 Å². The van der Waals surface area contributed by atoms with Gasteiger partial charge in [-0.05, 0) is 36.4 Å². The summed E-state index contributed by atoms with van der Waals surface area (Å²) in [5.74, 6) is 0.681. The lowest BCUT2D eigenvalue weighted by atomic mass is 10.1. The molecule has 1 N–H and O–H groups in total. The molecule has 25 heavy (non-hydrogen) atoms. The van der Waals surface area contributed by atoms with E-state index in [-0.39, 0.29) is 0 Å². The third-order valence-electron chi connectivity index (χ3n) is 4.01. The highest BCUT2D eigenvalue weighted by Gasteiger charge is 2.31. The Bertz CT molecular complexity index is 731. The lowest BCUT2D eigenvalue weighted by Gasteiger charge is -2.31. The molecule has 0 amide bonds. The number of halogens is 3. The highest BCUT2D eigenvalue weighted by molar-refractivity contribution is 7.99. The molecule has 0 spiro atoms. The summed E-state index contributed by atoms with van der Waals surface area (Å²) >= 11 is 1.33. The molecule has 2 aromatic carbocycles.